The predicted molar refractivity (Wildman–Crippen MR) is 10.0 cm³/mol. The van der Waals surface area contributed by atoms with Crippen LogP contribution in [0.5, 0.6) is 0 Å². The van der Waals surface area contributed by atoms with Crippen molar-refractivity contribution < 1.29 is 34.4 Å². The Hall–Kier alpha value is 0.972. The summed E-state index contributed by atoms with van der Waals surface area (Å²) in [6.07, 6.45) is 0. The van der Waals surface area contributed by atoms with E-state index in [1.807, 2.05) is 0 Å². The second-order valence-electron chi connectivity index (χ2n) is 0. The van der Waals surface area contributed by atoms with Gasteiger partial charge in [0, 0.05) is 34.4 Å². The first-order valence-electron chi connectivity index (χ1n) is 0. The van der Waals surface area contributed by atoms with Crippen LogP contribution in [0.3, 0.4) is 0 Å². The van der Waals surface area contributed by atoms with E-state index in [4.69, 9.17) is 0 Å². The zero-order valence-electron chi connectivity index (χ0n) is 2.20. The third-order valence-electron chi connectivity index (χ3n) is 0. The van der Waals surface area contributed by atoms with Crippen molar-refractivity contribution in [2.75, 3.05) is 0 Å². The zero-order chi connectivity index (χ0) is 0. The Morgan fingerprint density at radius 2 is 0.750 bits per heavy atom. The van der Waals surface area contributed by atoms with Crippen LogP contribution in [0.2, 0.25) is 0 Å². The largest absolute Gasteiger partial charge is 0.344 e. The molecule has 0 amide bonds. The van der Waals surface area contributed by atoms with Gasteiger partial charge in [-0.3, -0.25) is 0 Å². The van der Waals surface area contributed by atoms with Gasteiger partial charge >= 0.3 is 0 Å². The molecule has 0 aliphatic rings. The Kier molecular flexibility index (Phi) is 771. The van der Waals surface area contributed by atoms with E-state index in [9.17, 15) is 0 Å². The van der Waals surface area contributed by atoms with E-state index >= 15 is 0 Å². The van der Waals surface area contributed by atoms with Gasteiger partial charge in [0.2, 0.25) is 0 Å². The predicted octanol–water partition coefficient (Wildman–Crippen LogP) is 0.319. The van der Waals surface area contributed by atoms with Gasteiger partial charge in [-0.05, 0) is 0 Å². The average molecular weight is 141 g/mol. The number of rotatable bonds is 0. The van der Waals surface area contributed by atoms with Crippen molar-refractivity contribution >= 4 is 0 Å². The van der Waals surface area contributed by atoms with E-state index in [-0.39, 0.29) is 46.7 Å². The van der Waals surface area contributed by atoms with Crippen molar-refractivity contribution in [3.63, 3.8) is 0 Å². The van der Waals surface area contributed by atoms with Gasteiger partial charge in [0.15, 0.2) is 0 Å². The van der Waals surface area contributed by atoms with Gasteiger partial charge in [-0.25, -0.2) is 0 Å². The molecule has 1 radical (unpaired) electrons. The molecule has 0 unspecified atom stereocenters. The summed E-state index contributed by atoms with van der Waals surface area (Å²) in [4.78, 5) is 0. The summed E-state index contributed by atoms with van der Waals surface area (Å²) in [7, 11) is 0. The first-order valence-corrected chi connectivity index (χ1v) is 0. The molecule has 0 aliphatic carbocycles. The van der Waals surface area contributed by atoms with Gasteiger partial charge < -0.3 is 12.3 Å². The van der Waals surface area contributed by atoms with Crippen LogP contribution in [-0.4, -0.2) is 0 Å². The first-order chi connectivity index (χ1) is 0. The topological polar surface area (TPSA) is 70.0 Å². The van der Waals surface area contributed by atoms with Crippen molar-refractivity contribution in [3.8, 4) is 0 Å². The molecule has 0 rings (SSSR count). The Labute approximate surface area is 47.1 Å². The van der Waals surface area contributed by atoms with Crippen LogP contribution in [0.25, 0.3) is 0 Å². The quantitative estimate of drug-likeness (QED) is 0.477. The molecule has 0 atom stereocenters. The average Bonchev–Trinajstić information content (AvgIpc) is 0. The number of hydrogen-bond acceptors (Lipinski definition) is 2. The van der Waals surface area contributed by atoms with Crippen LogP contribution in [-0.2, 0) is 34.4 Å². The van der Waals surface area contributed by atoms with Gasteiger partial charge in [0.05, 0.1) is 0 Å². The fourth-order valence-corrected chi connectivity index (χ4v) is 0. The molecule has 0 aliphatic heterocycles. The second-order valence-corrected chi connectivity index (χ2v) is 0. The normalized spacial score (nSPS) is 0. The van der Waals surface area contributed by atoms with Gasteiger partial charge in [-0.15, -0.1) is 0 Å². The molecule has 4 heteroatoms. The molecule has 6 N–H and O–H groups in total. The molecule has 0 spiro atoms. The Morgan fingerprint density at radius 1 is 0.750 bits per heavy atom. The van der Waals surface area contributed by atoms with E-state index < -0.39 is 0 Å². The second kappa shape index (κ2) is 37.1. The maximum absolute atomic E-state index is 0. The SMILES string of the molecule is N.N.[Cr].[Mn]. The van der Waals surface area contributed by atoms with Crippen LogP contribution >= 0.6 is 0 Å². The van der Waals surface area contributed by atoms with Gasteiger partial charge in [0.25, 0.3) is 0 Å². The maximum atomic E-state index is 0. The standard InChI is InChI=1S/Cr.Mn.2H3N/h;;2*1H3. The summed E-state index contributed by atoms with van der Waals surface area (Å²) in [5.41, 5.74) is 0. The summed E-state index contributed by atoms with van der Waals surface area (Å²) in [6.45, 7) is 0. The molecule has 0 heterocycles. The van der Waals surface area contributed by atoms with Gasteiger partial charge in [-0.1, -0.05) is 0 Å². The third-order valence-corrected chi connectivity index (χ3v) is 0. The molecule has 0 aromatic rings. The summed E-state index contributed by atoms with van der Waals surface area (Å²) in [5.74, 6) is 0. The van der Waals surface area contributed by atoms with Crippen molar-refractivity contribution in [1.82, 2.24) is 12.3 Å². The molecule has 0 aromatic heterocycles. The summed E-state index contributed by atoms with van der Waals surface area (Å²) in [6, 6.07) is 0. The molecular weight excluding hydrogens is 135 g/mol. The minimum atomic E-state index is 0. The molecule has 0 saturated heterocycles. The summed E-state index contributed by atoms with van der Waals surface area (Å²) < 4.78 is 0. The molecule has 29 valence electrons. The van der Waals surface area contributed by atoms with Crippen LogP contribution in [0.15, 0.2) is 0 Å². The Morgan fingerprint density at radius 3 is 0.750 bits per heavy atom. The molecular formula is H6CrMnN2. The first kappa shape index (κ1) is 83.0. The van der Waals surface area contributed by atoms with Crippen molar-refractivity contribution in [3.05, 3.63) is 0 Å². The summed E-state index contributed by atoms with van der Waals surface area (Å²) in [5, 5.41) is 0. The van der Waals surface area contributed by atoms with Gasteiger partial charge in [-0.2, -0.15) is 0 Å². The fraction of sp³-hybridized carbons (Fsp3) is 0. The van der Waals surface area contributed by atoms with Crippen molar-refractivity contribution in [2.45, 2.75) is 0 Å². The number of hydrogen-bond donors (Lipinski definition) is 2. The van der Waals surface area contributed by atoms with E-state index in [1.165, 1.54) is 0 Å². The van der Waals surface area contributed by atoms with Crippen LogP contribution < -0.4 is 12.3 Å². The minimum absolute atomic E-state index is 0. The monoisotopic (exact) mass is 141 g/mol. The molecule has 0 fully saturated rings. The van der Waals surface area contributed by atoms with Crippen LogP contribution in [0, 0.1) is 0 Å². The molecule has 0 aromatic carbocycles. The van der Waals surface area contributed by atoms with Crippen molar-refractivity contribution in [1.29, 1.82) is 0 Å². The minimum Gasteiger partial charge on any atom is -0.344 e. The Bertz CT molecular complexity index is 6.00. The zero-order valence-corrected chi connectivity index (χ0v) is 4.66. The maximum Gasteiger partial charge on any atom is 0 e. The third kappa shape index (κ3) is 12.2. The fourth-order valence-electron chi connectivity index (χ4n) is 0. The van der Waals surface area contributed by atoms with E-state index in [1.54, 1.807) is 0 Å². The van der Waals surface area contributed by atoms with Crippen LogP contribution in [0.4, 0.5) is 0 Å². The smallest absolute Gasteiger partial charge is 0 e. The molecule has 0 bridgehead atoms. The Balaban J connectivity index is 0. The molecule has 4 heavy (non-hydrogen) atoms. The molecule has 0 saturated carbocycles. The van der Waals surface area contributed by atoms with Gasteiger partial charge in [0.1, 0.15) is 0 Å². The van der Waals surface area contributed by atoms with Crippen molar-refractivity contribution in [2.24, 2.45) is 0 Å². The van der Waals surface area contributed by atoms with E-state index in [2.05, 4.69) is 0 Å². The van der Waals surface area contributed by atoms with E-state index in [0.717, 1.165) is 0 Å². The molecule has 2 nitrogen and oxygen atoms in total. The van der Waals surface area contributed by atoms with Crippen LogP contribution in [0.1, 0.15) is 0 Å². The van der Waals surface area contributed by atoms with E-state index in [0.29, 0.717) is 0 Å². The summed E-state index contributed by atoms with van der Waals surface area (Å²) >= 11 is 0.